The summed E-state index contributed by atoms with van der Waals surface area (Å²) in [5.74, 6) is 0.414. The van der Waals surface area contributed by atoms with Crippen LogP contribution in [-0.2, 0) is 54.4 Å². The van der Waals surface area contributed by atoms with E-state index in [0.717, 1.165) is 90.7 Å². The number of hydrogen-bond donors (Lipinski definition) is 0. The number of benzene rings is 2. The Morgan fingerprint density at radius 1 is 0.394 bits per heavy atom. The minimum absolute atomic E-state index is 0. The molecule has 2 aromatic rings. The number of nitrogens with zero attached hydrogens (tertiary/aromatic N) is 2. The van der Waals surface area contributed by atoms with Crippen molar-refractivity contribution in [2.24, 2.45) is 59.2 Å². The van der Waals surface area contributed by atoms with Crippen molar-refractivity contribution < 1.29 is 61.1 Å². The second kappa shape index (κ2) is 65.3. The summed E-state index contributed by atoms with van der Waals surface area (Å²) in [6, 6.07) is 19.5. The van der Waals surface area contributed by atoms with Gasteiger partial charge in [0.1, 0.15) is 0 Å². The standard InChI is InChI=1S/C13H16O.C12H21NO.C12H14O.C9H17NO.C9H16O.3C8H14O.C7H9F3O.C6H9ClO.CH4/c1-10(2)13(14)11(3)9-12-7-5-4-6-8-12;1-10(2)12(14)11(3)9-13-7-5-4-6-8-13;1-9(2)12(13)10(3)11-7-5-4-6-8-11;1-7(2)9(11)8(3)6-10(4)5;1-5-6-8(4)9(10)7(2)3;3*1-5-7(4)8(9)6(2)3;1-4(2)6(11)5(3)7(8,9)10;1-4(2)6(8)5(3)7;/h4-8,10H,3,9H2,1-2H3;10H,3-9H2,1-2H3;4-9H,3H2,1-2H3;7H,3,6H2,1-2,4-5H3;7H,4-6H2,1-3H3;3*6H,4-5H2,1-3H3;4H,3H2,1-2H3;4H,3H2,1-2H3;1H4. The van der Waals surface area contributed by atoms with Gasteiger partial charge < -0.3 is 4.90 Å². The van der Waals surface area contributed by atoms with Crippen molar-refractivity contribution in [2.45, 2.75) is 238 Å². The average Bonchev–Trinajstić information content (AvgIpc) is 0.883. The molecule has 0 amide bonds. The highest BCUT2D eigenvalue weighted by molar-refractivity contribution is 6.42. The second-order valence-electron chi connectivity index (χ2n) is 29.7. The van der Waals surface area contributed by atoms with Gasteiger partial charge in [0.25, 0.3) is 0 Å². The Balaban J connectivity index is -0.000000174. The molecule has 0 spiro atoms. The predicted molar refractivity (Wildman–Crippen MR) is 460 cm³/mol. The summed E-state index contributed by atoms with van der Waals surface area (Å²) in [6.45, 7) is 84.2. The molecule has 3 rings (SSSR count). The summed E-state index contributed by atoms with van der Waals surface area (Å²) in [7, 11) is 3.86. The fourth-order valence-electron chi connectivity index (χ4n) is 8.59. The Kier molecular flexibility index (Phi) is 70.2. The Hall–Kier alpha value is -7.46. The van der Waals surface area contributed by atoms with Crippen LogP contribution in [0.15, 0.2) is 176 Å². The van der Waals surface area contributed by atoms with Gasteiger partial charge >= 0.3 is 6.18 Å². The van der Waals surface area contributed by atoms with Gasteiger partial charge in [-0.05, 0) is 105 Å². The van der Waals surface area contributed by atoms with Gasteiger partial charge in [-0.15, -0.1) is 0 Å². The monoisotopic (exact) mass is 1550 g/mol. The molecule has 0 radical (unpaired) electrons. The Labute approximate surface area is 666 Å². The molecule has 618 valence electrons. The lowest BCUT2D eigenvalue weighted by Crippen LogP contribution is -2.33. The summed E-state index contributed by atoms with van der Waals surface area (Å²) in [6.07, 6.45) is 4.13. The van der Waals surface area contributed by atoms with Gasteiger partial charge in [-0.25, -0.2) is 0 Å². The van der Waals surface area contributed by atoms with Crippen LogP contribution >= 0.6 is 11.6 Å². The molecular weight excluding hydrogens is 1400 g/mol. The van der Waals surface area contributed by atoms with E-state index in [-0.39, 0.29) is 118 Å². The molecule has 1 heterocycles. The highest BCUT2D eigenvalue weighted by atomic mass is 35.5. The quantitative estimate of drug-likeness (QED) is 0.0634. The van der Waals surface area contributed by atoms with E-state index in [9.17, 15) is 61.1 Å². The van der Waals surface area contributed by atoms with Gasteiger partial charge in [-0.3, -0.25) is 52.8 Å². The second-order valence-corrected chi connectivity index (χ2v) is 30.1. The molecule has 0 aliphatic carbocycles. The number of rotatable bonds is 32. The molecule has 0 bridgehead atoms. The van der Waals surface area contributed by atoms with Crippen molar-refractivity contribution in [3.63, 3.8) is 0 Å². The van der Waals surface area contributed by atoms with E-state index in [4.69, 9.17) is 11.6 Å². The molecule has 0 atom stereocenters. The van der Waals surface area contributed by atoms with Crippen molar-refractivity contribution in [3.05, 3.63) is 187 Å². The molecule has 16 heteroatoms. The lowest BCUT2D eigenvalue weighted by atomic mass is 9.96. The first-order valence-corrected chi connectivity index (χ1v) is 38.3. The highest BCUT2D eigenvalue weighted by Gasteiger charge is 2.37. The number of hydrogen-bond acceptors (Lipinski definition) is 12. The van der Waals surface area contributed by atoms with E-state index in [0.29, 0.717) is 29.7 Å². The number of piperidine rings is 1. The van der Waals surface area contributed by atoms with Crippen LogP contribution in [0.4, 0.5) is 13.2 Å². The zero-order chi connectivity index (χ0) is 86.4. The number of halogens is 4. The highest BCUT2D eigenvalue weighted by Crippen LogP contribution is 2.27. The smallest absolute Gasteiger partial charge is 0.305 e. The fourth-order valence-corrected chi connectivity index (χ4v) is 8.81. The zero-order valence-corrected chi connectivity index (χ0v) is 72.6. The number of alkyl halides is 3. The van der Waals surface area contributed by atoms with Crippen LogP contribution in [0.2, 0.25) is 0 Å². The third kappa shape index (κ3) is 60.0. The van der Waals surface area contributed by atoms with Crippen LogP contribution in [0.5, 0.6) is 0 Å². The third-order valence-corrected chi connectivity index (χ3v) is 15.7. The molecule has 0 saturated carbocycles. The summed E-state index contributed by atoms with van der Waals surface area (Å²) in [5.41, 5.74) is 6.58. The van der Waals surface area contributed by atoms with E-state index >= 15 is 0 Å². The Morgan fingerprint density at radius 2 is 0.679 bits per heavy atom. The maximum atomic E-state index is 11.7. The number of carbonyl (C=O) groups is 10. The lowest BCUT2D eigenvalue weighted by Gasteiger charge is -2.27. The Morgan fingerprint density at radius 3 is 0.927 bits per heavy atom. The average molecular weight is 1550 g/mol. The summed E-state index contributed by atoms with van der Waals surface area (Å²) in [4.78, 5) is 116. The van der Waals surface area contributed by atoms with E-state index < -0.39 is 23.5 Å². The topological polar surface area (TPSA) is 177 Å². The van der Waals surface area contributed by atoms with Crippen molar-refractivity contribution in [3.8, 4) is 0 Å². The molecule has 0 N–H and O–H groups in total. The largest absolute Gasteiger partial charge is 0.419 e. The van der Waals surface area contributed by atoms with Crippen LogP contribution in [0.1, 0.15) is 236 Å². The van der Waals surface area contributed by atoms with Crippen LogP contribution in [0, 0.1) is 59.2 Å². The molecule has 2 aromatic carbocycles. The lowest BCUT2D eigenvalue weighted by molar-refractivity contribution is -0.131. The Bertz CT molecular complexity index is 3120. The molecule has 1 aliphatic heterocycles. The van der Waals surface area contributed by atoms with E-state index in [1.807, 2.05) is 211 Å². The van der Waals surface area contributed by atoms with Crippen molar-refractivity contribution in [1.29, 1.82) is 0 Å². The van der Waals surface area contributed by atoms with Crippen LogP contribution in [0.3, 0.4) is 0 Å². The van der Waals surface area contributed by atoms with Gasteiger partial charge in [0, 0.05) is 95.4 Å². The maximum absolute atomic E-state index is 11.7. The first kappa shape index (κ1) is 117. The fraction of sp³-hybridized carbons (Fsp3) is 0.548. The molecule has 1 fully saturated rings. The summed E-state index contributed by atoms with van der Waals surface area (Å²) < 4.78 is 35.2. The summed E-state index contributed by atoms with van der Waals surface area (Å²) in [5, 5.41) is 0.125. The van der Waals surface area contributed by atoms with Gasteiger partial charge in [-0.1, -0.05) is 324 Å². The van der Waals surface area contributed by atoms with E-state index in [1.54, 1.807) is 13.8 Å². The normalized spacial score (nSPS) is 11.2. The van der Waals surface area contributed by atoms with Crippen LogP contribution in [0.25, 0.3) is 5.57 Å². The molecule has 12 nitrogen and oxygen atoms in total. The number of ketones is 10. The van der Waals surface area contributed by atoms with Gasteiger partial charge in [0.05, 0.1) is 10.6 Å². The predicted octanol–water partition coefficient (Wildman–Crippen LogP) is 23.5. The SMILES string of the molecule is C.C=C(C(=O)C(C)C)C(F)(F)F.C=C(C(=O)C(C)C)c1ccccc1.C=C(CC)C(=O)C(C)C.C=C(CC)C(=O)C(C)C.C=C(CC)C(=O)C(C)C.C=C(CCC)C(=O)C(C)C.C=C(CN(C)C)C(=O)C(C)C.C=C(CN1CCCCC1)C(=O)C(C)C.C=C(Cc1ccccc1)C(=O)C(C)C.C=C(Cl)C(=O)C(C)C. The summed E-state index contributed by atoms with van der Waals surface area (Å²) >= 11 is 5.28. The van der Waals surface area contributed by atoms with Crippen LogP contribution in [-0.4, -0.2) is 114 Å². The third-order valence-electron chi connectivity index (χ3n) is 15.5. The van der Waals surface area contributed by atoms with Crippen LogP contribution < -0.4 is 0 Å². The zero-order valence-electron chi connectivity index (χ0n) is 71.8. The van der Waals surface area contributed by atoms with Crippen molar-refractivity contribution in [2.75, 3.05) is 40.3 Å². The number of allylic oxidation sites excluding steroid dienone is 8. The molecule has 0 aromatic heterocycles. The van der Waals surface area contributed by atoms with Crippen molar-refractivity contribution >= 4 is 75.0 Å². The van der Waals surface area contributed by atoms with Gasteiger partial charge in [0.15, 0.2) is 57.8 Å². The van der Waals surface area contributed by atoms with Gasteiger partial charge in [-0.2, -0.15) is 13.2 Å². The molecule has 1 saturated heterocycles. The number of carbonyl (C=O) groups excluding carboxylic acids is 10. The molecular formula is C93H148ClF3N2O10. The van der Waals surface area contributed by atoms with Crippen molar-refractivity contribution in [1.82, 2.24) is 9.80 Å². The number of likely N-dealkylation sites (N-methyl/N-ethyl adjacent to an activating group) is 1. The minimum Gasteiger partial charge on any atom is -0.305 e. The molecule has 109 heavy (non-hydrogen) atoms. The van der Waals surface area contributed by atoms with E-state index in [1.165, 1.54) is 33.1 Å². The minimum atomic E-state index is -4.58. The van der Waals surface area contributed by atoms with Gasteiger partial charge in [0.2, 0.25) is 0 Å². The first-order chi connectivity index (χ1) is 49.5. The molecule has 1 aliphatic rings. The number of likely N-dealkylation sites (tertiary alicyclic amines) is 1. The van der Waals surface area contributed by atoms with E-state index in [2.05, 4.69) is 77.6 Å². The molecule has 0 unspecified atom stereocenters. The first-order valence-electron chi connectivity index (χ1n) is 37.9. The maximum Gasteiger partial charge on any atom is 0.419 e. The number of Topliss-reactive ketones (excluding diaryl/α,β-unsaturated/α-hetero) is 10.